The van der Waals surface area contributed by atoms with Gasteiger partial charge in [-0.15, -0.1) is 0 Å². The summed E-state index contributed by atoms with van der Waals surface area (Å²) in [6.07, 6.45) is 5.09. The van der Waals surface area contributed by atoms with Crippen LogP contribution < -0.4 is 9.64 Å². The first-order valence-corrected chi connectivity index (χ1v) is 15.2. The Bertz CT molecular complexity index is 1380. The SMILES string of the molecule is COc1c(Cl)ccc2sc(N3CCN(C(=O)c4ccc(S(=O)(=O)N(C)C5CCCCC5)cc4)CC3)nc12. The molecule has 1 saturated heterocycles. The minimum absolute atomic E-state index is 0.0462. The summed E-state index contributed by atoms with van der Waals surface area (Å²) in [4.78, 5) is 22.1. The molecule has 8 nitrogen and oxygen atoms in total. The molecule has 0 spiro atoms. The number of sulfonamides is 1. The molecular formula is C26H31ClN4O4S2. The van der Waals surface area contributed by atoms with Crippen LogP contribution in [0.1, 0.15) is 42.5 Å². The summed E-state index contributed by atoms with van der Waals surface area (Å²) in [6.45, 7) is 2.41. The number of aromatic nitrogens is 1. The minimum Gasteiger partial charge on any atom is -0.493 e. The number of anilines is 1. The number of methoxy groups -OCH3 is 1. The van der Waals surface area contributed by atoms with E-state index in [1.165, 1.54) is 10.7 Å². The van der Waals surface area contributed by atoms with Gasteiger partial charge in [0.15, 0.2) is 10.9 Å². The van der Waals surface area contributed by atoms with Crippen LogP contribution in [0.4, 0.5) is 5.13 Å². The maximum Gasteiger partial charge on any atom is 0.253 e. The van der Waals surface area contributed by atoms with Crippen LogP contribution in [-0.4, -0.2) is 74.9 Å². The molecule has 2 aromatic carbocycles. The van der Waals surface area contributed by atoms with Crippen molar-refractivity contribution in [3.63, 3.8) is 0 Å². The van der Waals surface area contributed by atoms with Gasteiger partial charge in [-0.2, -0.15) is 4.31 Å². The van der Waals surface area contributed by atoms with Gasteiger partial charge < -0.3 is 14.5 Å². The third-order valence-electron chi connectivity index (χ3n) is 7.36. The van der Waals surface area contributed by atoms with Crippen molar-refractivity contribution in [2.75, 3.05) is 45.2 Å². The summed E-state index contributed by atoms with van der Waals surface area (Å²) in [7, 11) is -0.333. The predicted molar refractivity (Wildman–Crippen MR) is 148 cm³/mol. The van der Waals surface area contributed by atoms with Gasteiger partial charge in [0, 0.05) is 44.8 Å². The van der Waals surface area contributed by atoms with E-state index in [2.05, 4.69) is 4.90 Å². The Hall–Kier alpha value is -2.40. The molecule has 1 saturated carbocycles. The van der Waals surface area contributed by atoms with Crippen LogP contribution in [0.25, 0.3) is 10.2 Å². The number of thiazole rings is 1. The fourth-order valence-electron chi connectivity index (χ4n) is 5.12. The van der Waals surface area contributed by atoms with E-state index >= 15 is 0 Å². The zero-order valence-corrected chi connectivity index (χ0v) is 23.4. The number of hydrogen-bond acceptors (Lipinski definition) is 7. The molecule has 3 aromatic rings. The predicted octanol–water partition coefficient (Wildman–Crippen LogP) is 4.87. The van der Waals surface area contributed by atoms with Gasteiger partial charge >= 0.3 is 0 Å². The largest absolute Gasteiger partial charge is 0.493 e. The number of hydrogen-bond donors (Lipinski definition) is 0. The molecule has 0 atom stereocenters. The van der Waals surface area contributed by atoms with Crippen LogP contribution >= 0.6 is 22.9 Å². The second-order valence-corrected chi connectivity index (χ2v) is 13.0. The summed E-state index contributed by atoms with van der Waals surface area (Å²) < 4.78 is 34.2. The molecular weight excluding hydrogens is 532 g/mol. The average molecular weight is 563 g/mol. The summed E-state index contributed by atoms with van der Waals surface area (Å²) in [5, 5.41) is 1.40. The quantitative estimate of drug-likeness (QED) is 0.426. The highest BCUT2D eigenvalue weighted by Crippen LogP contribution is 2.38. The van der Waals surface area contributed by atoms with Crippen molar-refractivity contribution in [1.29, 1.82) is 0 Å². The third kappa shape index (κ3) is 5.16. The number of carbonyl (C=O) groups is 1. The molecule has 1 aliphatic carbocycles. The number of halogens is 1. The molecule has 1 aliphatic heterocycles. The molecule has 2 heterocycles. The van der Waals surface area contributed by atoms with E-state index in [0.29, 0.717) is 42.5 Å². The van der Waals surface area contributed by atoms with E-state index in [1.807, 2.05) is 12.1 Å². The Labute approximate surface area is 226 Å². The van der Waals surface area contributed by atoms with Gasteiger partial charge in [-0.05, 0) is 49.2 Å². The minimum atomic E-state index is -3.58. The number of amides is 1. The van der Waals surface area contributed by atoms with Crippen molar-refractivity contribution < 1.29 is 17.9 Å². The first-order valence-electron chi connectivity index (χ1n) is 12.5. The van der Waals surface area contributed by atoms with E-state index in [1.54, 1.807) is 54.7 Å². The van der Waals surface area contributed by atoms with Crippen molar-refractivity contribution in [1.82, 2.24) is 14.2 Å². The lowest BCUT2D eigenvalue weighted by atomic mass is 9.96. The second kappa shape index (κ2) is 10.8. The molecule has 1 aromatic heterocycles. The second-order valence-electron chi connectivity index (χ2n) is 9.54. The van der Waals surface area contributed by atoms with Gasteiger partial charge in [0.25, 0.3) is 5.91 Å². The molecule has 198 valence electrons. The number of nitrogens with zero attached hydrogens (tertiary/aromatic N) is 4. The number of carbonyl (C=O) groups excluding carboxylic acids is 1. The monoisotopic (exact) mass is 562 g/mol. The molecule has 37 heavy (non-hydrogen) atoms. The molecule has 1 amide bonds. The maximum atomic E-state index is 13.2. The number of ether oxygens (including phenoxy) is 1. The highest BCUT2D eigenvalue weighted by atomic mass is 35.5. The number of fused-ring (bicyclic) bond motifs is 1. The van der Waals surface area contributed by atoms with Gasteiger partial charge in [0.2, 0.25) is 10.0 Å². The van der Waals surface area contributed by atoms with Crippen molar-refractivity contribution in [2.45, 2.75) is 43.0 Å². The normalized spacial score (nSPS) is 17.5. The van der Waals surface area contributed by atoms with Crippen molar-refractivity contribution in [2.24, 2.45) is 0 Å². The zero-order chi connectivity index (χ0) is 26.2. The Morgan fingerprint density at radius 2 is 1.73 bits per heavy atom. The third-order valence-corrected chi connectivity index (χ3v) is 10.7. The van der Waals surface area contributed by atoms with Crippen LogP contribution in [0.2, 0.25) is 5.02 Å². The fraction of sp³-hybridized carbons (Fsp3) is 0.462. The summed E-state index contributed by atoms with van der Waals surface area (Å²) in [5.74, 6) is 0.480. The van der Waals surface area contributed by atoms with Crippen LogP contribution in [0, 0.1) is 0 Å². The van der Waals surface area contributed by atoms with E-state index in [9.17, 15) is 13.2 Å². The molecule has 5 rings (SSSR count). The first kappa shape index (κ1) is 26.2. The van der Waals surface area contributed by atoms with Gasteiger partial charge in [-0.1, -0.05) is 42.2 Å². The molecule has 0 unspecified atom stereocenters. The Kier molecular flexibility index (Phi) is 7.63. The molecule has 2 aliphatic rings. The topological polar surface area (TPSA) is 83.0 Å². The number of benzene rings is 2. The standard InChI is InChI=1S/C26H31ClN4O4S2/c1-29(19-6-4-3-5-7-19)37(33,34)20-10-8-18(9-11-20)25(32)30-14-16-31(17-15-30)26-28-23-22(36-26)13-12-21(27)24(23)35-2/h8-13,19H,3-7,14-17H2,1-2H3. The average Bonchev–Trinajstić information content (AvgIpc) is 3.37. The van der Waals surface area contributed by atoms with Crippen molar-refractivity contribution in [3.05, 3.63) is 47.0 Å². The van der Waals surface area contributed by atoms with Gasteiger partial charge in [-0.25, -0.2) is 13.4 Å². The lowest BCUT2D eigenvalue weighted by molar-refractivity contribution is 0.0746. The highest BCUT2D eigenvalue weighted by molar-refractivity contribution is 7.89. The summed E-state index contributed by atoms with van der Waals surface area (Å²) >= 11 is 7.82. The van der Waals surface area contributed by atoms with Gasteiger partial charge in [-0.3, -0.25) is 4.79 Å². The summed E-state index contributed by atoms with van der Waals surface area (Å²) in [5.41, 5.74) is 1.24. The summed E-state index contributed by atoms with van der Waals surface area (Å²) in [6, 6.07) is 10.2. The van der Waals surface area contributed by atoms with Crippen molar-refractivity contribution >= 4 is 54.2 Å². The van der Waals surface area contributed by atoms with Crippen LogP contribution in [0.15, 0.2) is 41.3 Å². The first-order chi connectivity index (χ1) is 17.8. The molecule has 2 fully saturated rings. The van der Waals surface area contributed by atoms with Gasteiger partial charge in [0.1, 0.15) is 5.52 Å². The molecule has 0 radical (unpaired) electrons. The fourth-order valence-corrected chi connectivity index (χ4v) is 7.78. The van der Waals surface area contributed by atoms with Crippen molar-refractivity contribution in [3.8, 4) is 5.75 Å². The number of piperazine rings is 1. The molecule has 11 heteroatoms. The number of rotatable bonds is 6. The van der Waals surface area contributed by atoms with E-state index in [-0.39, 0.29) is 16.8 Å². The Balaban J connectivity index is 1.23. The van der Waals surface area contributed by atoms with E-state index < -0.39 is 10.0 Å². The Morgan fingerprint density at radius 3 is 2.38 bits per heavy atom. The van der Waals surface area contributed by atoms with E-state index in [4.69, 9.17) is 21.3 Å². The smallest absolute Gasteiger partial charge is 0.253 e. The maximum absolute atomic E-state index is 13.2. The van der Waals surface area contributed by atoms with E-state index in [0.717, 1.165) is 41.0 Å². The molecule has 0 N–H and O–H groups in total. The lowest BCUT2D eigenvalue weighted by Crippen LogP contribution is -2.48. The van der Waals surface area contributed by atoms with Crippen LogP contribution in [0.5, 0.6) is 5.75 Å². The zero-order valence-electron chi connectivity index (χ0n) is 21.0. The molecule has 0 bridgehead atoms. The van der Waals surface area contributed by atoms with Crippen LogP contribution in [0.3, 0.4) is 0 Å². The van der Waals surface area contributed by atoms with Gasteiger partial charge in [0.05, 0.1) is 21.7 Å². The Morgan fingerprint density at radius 1 is 1.05 bits per heavy atom. The highest BCUT2D eigenvalue weighted by Gasteiger charge is 2.30. The van der Waals surface area contributed by atoms with Crippen LogP contribution in [-0.2, 0) is 10.0 Å². The lowest BCUT2D eigenvalue weighted by Gasteiger charge is -2.34.